The van der Waals surface area contributed by atoms with Crippen LogP contribution < -0.4 is 14.8 Å². The second kappa shape index (κ2) is 6.84. The van der Waals surface area contributed by atoms with E-state index in [0.717, 1.165) is 23.3 Å². The SMILES string of the molecule is C=C(Nc1ccc(-c2cc3c(cc2C)OC(F)(F)O3)cc1)c1c(F)cccc1F. The van der Waals surface area contributed by atoms with E-state index in [1.807, 2.05) is 0 Å². The van der Waals surface area contributed by atoms with Gasteiger partial charge in [-0.2, -0.15) is 0 Å². The van der Waals surface area contributed by atoms with Gasteiger partial charge in [0.15, 0.2) is 11.5 Å². The van der Waals surface area contributed by atoms with Crippen LogP contribution in [-0.4, -0.2) is 6.29 Å². The van der Waals surface area contributed by atoms with Crippen molar-refractivity contribution < 1.29 is 27.0 Å². The average molecular weight is 401 g/mol. The van der Waals surface area contributed by atoms with Crippen LogP contribution in [0.5, 0.6) is 11.5 Å². The fraction of sp³-hybridized carbons (Fsp3) is 0.0909. The second-order valence-electron chi connectivity index (χ2n) is 6.56. The first-order valence-corrected chi connectivity index (χ1v) is 8.65. The minimum Gasteiger partial charge on any atom is -0.395 e. The molecule has 0 saturated carbocycles. The molecule has 0 aromatic heterocycles. The number of anilines is 1. The van der Waals surface area contributed by atoms with E-state index >= 15 is 0 Å². The number of alkyl halides is 2. The number of hydrogen-bond donors (Lipinski definition) is 1. The molecule has 0 amide bonds. The summed E-state index contributed by atoms with van der Waals surface area (Å²) in [7, 11) is 0. The molecular formula is C22H15F4NO2. The molecule has 148 valence electrons. The van der Waals surface area contributed by atoms with E-state index < -0.39 is 17.9 Å². The van der Waals surface area contributed by atoms with E-state index in [4.69, 9.17) is 0 Å². The van der Waals surface area contributed by atoms with Crippen LogP contribution in [0.3, 0.4) is 0 Å². The number of fused-ring (bicyclic) bond motifs is 1. The molecular weight excluding hydrogens is 386 g/mol. The van der Waals surface area contributed by atoms with Gasteiger partial charge in [-0.1, -0.05) is 24.8 Å². The van der Waals surface area contributed by atoms with Crippen molar-refractivity contribution in [1.29, 1.82) is 0 Å². The summed E-state index contributed by atoms with van der Waals surface area (Å²) in [4.78, 5) is 0. The van der Waals surface area contributed by atoms with Gasteiger partial charge in [0.05, 0.1) is 5.56 Å². The molecule has 3 aromatic carbocycles. The predicted molar refractivity (Wildman–Crippen MR) is 102 cm³/mol. The highest BCUT2D eigenvalue weighted by Crippen LogP contribution is 2.44. The van der Waals surface area contributed by atoms with Gasteiger partial charge >= 0.3 is 6.29 Å². The van der Waals surface area contributed by atoms with Crippen molar-refractivity contribution in [3.63, 3.8) is 0 Å². The second-order valence-corrected chi connectivity index (χ2v) is 6.56. The Morgan fingerprint density at radius 2 is 1.52 bits per heavy atom. The lowest BCUT2D eigenvalue weighted by atomic mass is 9.99. The van der Waals surface area contributed by atoms with Crippen LogP contribution in [-0.2, 0) is 0 Å². The number of aryl methyl sites for hydroxylation is 1. The standard InChI is InChI=1S/C22H15F4NO2/c1-12-10-19-20(29-22(25,26)28-19)11-16(12)14-6-8-15(9-7-14)27-13(2)21-17(23)4-3-5-18(21)24/h3-11,27H,2H2,1H3. The molecule has 0 spiro atoms. The number of halogens is 4. The highest BCUT2D eigenvalue weighted by atomic mass is 19.3. The Bertz CT molecular complexity index is 1090. The van der Waals surface area contributed by atoms with Crippen molar-refractivity contribution in [3.8, 4) is 22.6 Å². The number of nitrogens with one attached hydrogen (secondary N) is 1. The Morgan fingerprint density at radius 1 is 0.931 bits per heavy atom. The maximum absolute atomic E-state index is 13.9. The van der Waals surface area contributed by atoms with Gasteiger partial charge in [0.1, 0.15) is 11.6 Å². The molecule has 0 unspecified atom stereocenters. The Labute approximate surface area is 164 Å². The minimum absolute atomic E-state index is 0.0160. The van der Waals surface area contributed by atoms with Gasteiger partial charge in [-0.05, 0) is 60.0 Å². The highest BCUT2D eigenvalue weighted by molar-refractivity contribution is 5.78. The van der Waals surface area contributed by atoms with Crippen LogP contribution in [0.2, 0.25) is 0 Å². The molecule has 3 aromatic rings. The predicted octanol–water partition coefficient (Wildman–Crippen LogP) is 6.34. The van der Waals surface area contributed by atoms with Gasteiger partial charge in [0.25, 0.3) is 0 Å². The van der Waals surface area contributed by atoms with E-state index in [1.54, 1.807) is 31.2 Å². The van der Waals surface area contributed by atoms with Crippen LogP contribution in [0.25, 0.3) is 16.8 Å². The van der Waals surface area contributed by atoms with E-state index in [-0.39, 0.29) is 22.8 Å². The summed E-state index contributed by atoms with van der Waals surface area (Å²) in [6.07, 6.45) is -3.68. The van der Waals surface area contributed by atoms with Gasteiger partial charge in [0.2, 0.25) is 0 Å². The zero-order valence-electron chi connectivity index (χ0n) is 15.2. The van der Waals surface area contributed by atoms with Crippen LogP contribution >= 0.6 is 0 Å². The summed E-state index contributed by atoms with van der Waals surface area (Å²) in [6.45, 7) is 5.47. The number of ether oxygens (including phenoxy) is 2. The van der Waals surface area contributed by atoms with Gasteiger partial charge < -0.3 is 14.8 Å². The average Bonchev–Trinajstić information content (AvgIpc) is 2.94. The largest absolute Gasteiger partial charge is 0.586 e. The van der Waals surface area contributed by atoms with Crippen molar-refractivity contribution in [2.45, 2.75) is 13.2 Å². The first-order chi connectivity index (χ1) is 13.7. The summed E-state index contributed by atoms with van der Waals surface area (Å²) in [5.74, 6) is -1.49. The van der Waals surface area contributed by atoms with Crippen molar-refractivity contribution in [3.05, 3.63) is 83.9 Å². The van der Waals surface area contributed by atoms with Crippen LogP contribution in [0.1, 0.15) is 11.1 Å². The maximum atomic E-state index is 13.9. The summed E-state index contributed by atoms with van der Waals surface area (Å²) >= 11 is 0. The molecule has 4 rings (SSSR count). The lowest BCUT2D eigenvalue weighted by Crippen LogP contribution is -2.25. The van der Waals surface area contributed by atoms with E-state index in [9.17, 15) is 17.6 Å². The van der Waals surface area contributed by atoms with E-state index in [0.29, 0.717) is 11.3 Å². The lowest BCUT2D eigenvalue weighted by Gasteiger charge is -2.13. The molecule has 0 radical (unpaired) electrons. The van der Waals surface area contributed by atoms with Crippen molar-refractivity contribution >= 4 is 11.4 Å². The third kappa shape index (κ3) is 3.63. The maximum Gasteiger partial charge on any atom is 0.586 e. The summed E-state index contributed by atoms with van der Waals surface area (Å²) in [6, 6.07) is 13.4. The first kappa shape index (κ1) is 18.9. The molecule has 1 N–H and O–H groups in total. The molecule has 3 nitrogen and oxygen atoms in total. The Hall–Kier alpha value is -3.48. The number of benzene rings is 3. The quantitative estimate of drug-likeness (QED) is 0.517. The molecule has 0 bridgehead atoms. The topological polar surface area (TPSA) is 30.5 Å². The monoisotopic (exact) mass is 401 g/mol. The Morgan fingerprint density at radius 3 is 2.14 bits per heavy atom. The molecule has 7 heteroatoms. The Kier molecular flexibility index (Phi) is 4.45. The first-order valence-electron chi connectivity index (χ1n) is 8.65. The zero-order chi connectivity index (χ0) is 20.8. The third-order valence-electron chi connectivity index (χ3n) is 4.50. The summed E-state index contributed by atoms with van der Waals surface area (Å²) < 4.78 is 63.2. The number of rotatable bonds is 4. The fourth-order valence-corrected chi connectivity index (χ4v) is 3.16. The number of hydrogen-bond acceptors (Lipinski definition) is 3. The molecule has 0 aliphatic carbocycles. The van der Waals surface area contributed by atoms with E-state index in [2.05, 4.69) is 21.4 Å². The lowest BCUT2D eigenvalue weighted by molar-refractivity contribution is -0.286. The van der Waals surface area contributed by atoms with Crippen molar-refractivity contribution in [2.75, 3.05) is 5.32 Å². The molecule has 1 aliphatic heterocycles. The Balaban J connectivity index is 1.57. The van der Waals surface area contributed by atoms with Crippen molar-refractivity contribution in [2.24, 2.45) is 0 Å². The van der Waals surface area contributed by atoms with Gasteiger partial charge in [-0.3, -0.25) is 0 Å². The molecule has 0 atom stereocenters. The minimum atomic E-state index is -3.68. The molecule has 1 heterocycles. The smallest absolute Gasteiger partial charge is 0.395 e. The normalized spacial score (nSPS) is 14.0. The van der Waals surface area contributed by atoms with Crippen LogP contribution in [0, 0.1) is 18.6 Å². The molecule has 29 heavy (non-hydrogen) atoms. The summed E-state index contributed by atoms with van der Waals surface area (Å²) in [5, 5.41) is 2.87. The molecule has 0 fully saturated rings. The third-order valence-corrected chi connectivity index (χ3v) is 4.50. The summed E-state index contributed by atoms with van der Waals surface area (Å²) in [5.41, 5.74) is 2.57. The van der Waals surface area contributed by atoms with E-state index in [1.165, 1.54) is 18.2 Å². The highest BCUT2D eigenvalue weighted by Gasteiger charge is 2.43. The van der Waals surface area contributed by atoms with Crippen molar-refractivity contribution in [1.82, 2.24) is 0 Å². The van der Waals surface area contributed by atoms with Gasteiger partial charge in [-0.15, -0.1) is 8.78 Å². The molecule has 0 saturated heterocycles. The fourth-order valence-electron chi connectivity index (χ4n) is 3.16. The van der Waals surface area contributed by atoms with Crippen LogP contribution in [0.4, 0.5) is 23.2 Å². The van der Waals surface area contributed by atoms with Gasteiger partial charge in [-0.25, -0.2) is 8.78 Å². The van der Waals surface area contributed by atoms with Crippen LogP contribution in [0.15, 0.2) is 61.2 Å². The molecule has 1 aliphatic rings. The van der Waals surface area contributed by atoms with Gasteiger partial charge in [0, 0.05) is 11.4 Å². The zero-order valence-corrected chi connectivity index (χ0v) is 15.2.